The summed E-state index contributed by atoms with van der Waals surface area (Å²) in [5.74, 6) is 0.690. The first kappa shape index (κ1) is 25.5. The zero-order valence-electron chi connectivity index (χ0n) is 22.4. The van der Waals surface area contributed by atoms with Gasteiger partial charge in [0.2, 0.25) is 0 Å². The normalized spacial score (nSPS) is 11.0. The number of nitrogens with zero attached hydrogens (tertiary/aromatic N) is 3. The molecule has 5 aromatic rings. The predicted molar refractivity (Wildman–Crippen MR) is 159 cm³/mol. The summed E-state index contributed by atoms with van der Waals surface area (Å²) in [5.41, 5.74) is 9.74. The molecule has 0 aliphatic rings. The average molecular weight is 498 g/mol. The summed E-state index contributed by atoms with van der Waals surface area (Å²) in [6, 6.07) is 34.1. The Kier molecular flexibility index (Phi) is 8.35. The van der Waals surface area contributed by atoms with Crippen LogP contribution in [0, 0.1) is 0 Å². The van der Waals surface area contributed by atoms with Crippen LogP contribution in [0.3, 0.4) is 0 Å². The second kappa shape index (κ2) is 12.4. The SMILES string of the molecule is CCCCc1ccc(-c2cc(-c3ccc(CCCC)cc3)nc(-c3ccc(-c4ccccc4)nc3)n2)cc1. The van der Waals surface area contributed by atoms with E-state index < -0.39 is 0 Å². The van der Waals surface area contributed by atoms with Crippen molar-refractivity contribution in [1.82, 2.24) is 15.0 Å². The minimum atomic E-state index is 0.690. The van der Waals surface area contributed by atoms with Crippen LogP contribution in [0.1, 0.15) is 50.7 Å². The van der Waals surface area contributed by atoms with Gasteiger partial charge >= 0.3 is 0 Å². The van der Waals surface area contributed by atoms with Crippen molar-refractivity contribution in [3.05, 3.63) is 114 Å². The molecule has 0 fully saturated rings. The molecule has 0 spiro atoms. The van der Waals surface area contributed by atoms with Crippen molar-refractivity contribution in [2.75, 3.05) is 0 Å². The Morgan fingerprint density at radius 2 is 1.00 bits per heavy atom. The molecule has 38 heavy (non-hydrogen) atoms. The van der Waals surface area contributed by atoms with Crippen LogP contribution in [0.4, 0.5) is 0 Å². The van der Waals surface area contributed by atoms with Gasteiger partial charge in [-0.1, -0.05) is 106 Å². The molecule has 0 N–H and O–H groups in total. The Labute approximate surface area is 226 Å². The minimum Gasteiger partial charge on any atom is -0.255 e. The number of aryl methyl sites for hydroxylation is 2. The largest absolute Gasteiger partial charge is 0.255 e. The van der Waals surface area contributed by atoms with E-state index >= 15 is 0 Å². The van der Waals surface area contributed by atoms with Crippen LogP contribution in [0.15, 0.2) is 103 Å². The third-order valence-corrected chi connectivity index (χ3v) is 6.95. The fourth-order valence-electron chi connectivity index (χ4n) is 4.62. The summed E-state index contributed by atoms with van der Waals surface area (Å²) in [4.78, 5) is 14.7. The molecule has 0 atom stereocenters. The Morgan fingerprint density at radius 1 is 0.500 bits per heavy atom. The van der Waals surface area contributed by atoms with Gasteiger partial charge in [-0.05, 0) is 55.0 Å². The fourth-order valence-corrected chi connectivity index (χ4v) is 4.62. The Hall–Kier alpha value is -4.11. The third-order valence-electron chi connectivity index (χ3n) is 6.95. The quantitative estimate of drug-likeness (QED) is 0.193. The molecule has 0 unspecified atom stereocenters. The van der Waals surface area contributed by atoms with E-state index in [9.17, 15) is 0 Å². The van der Waals surface area contributed by atoms with Crippen molar-refractivity contribution in [3.8, 4) is 45.2 Å². The molecule has 2 heterocycles. The fraction of sp³-hybridized carbons (Fsp3) is 0.229. The number of hydrogen-bond acceptors (Lipinski definition) is 3. The van der Waals surface area contributed by atoms with Crippen LogP contribution >= 0.6 is 0 Å². The molecule has 0 saturated heterocycles. The summed E-state index contributed by atoms with van der Waals surface area (Å²) in [7, 11) is 0. The van der Waals surface area contributed by atoms with E-state index in [2.05, 4.69) is 86.6 Å². The van der Waals surface area contributed by atoms with Gasteiger partial charge in [0.1, 0.15) is 0 Å². The van der Waals surface area contributed by atoms with E-state index in [1.807, 2.05) is 30.5 Å². The molecule has 0 amide bonds. The van der Waals surface area contributed by atoms with Crippen molar-refractivity contribution >= 4 is 0 Å². The van der Waals surface area contributed by atoms with Gasteiger partial charge in [0.25, 0.3) is 0 Å². The monoisotopic (exact) mass is 497 g/mol. The Bertz CT molecular complexity index is 1370. The summed E-state index contributed by atoms with van der Waals surface area (Å²) >= 11 is 0. The van der Waals surface area contributed by atoms with E-state index in [1.54, 1.807) is 0 Å². The van der Waals surface area contributed by atoms with Crippen molar-refractivity contribution < 1.29 is 0 Å². The lowest BCUT2D eigenvalue weighted by Crippen LogP contribution is -1.97. The van der Waals surface area contributed by atoms with Crippen molar-refractivity contribution in [3.63, 3.8) is 0 Å². The molecule has 3 heteroatoms. The maximum absolute atomic E-state index is 5.00. The van der Waals surface area contributed by atoms with Crippen LogP contribution in [-0.4, -0.2) is 15.0 Å². The lowest BCUT2D eigenvalue weighted by atomic mass is 10.0. The zero-order valence-corrected chi connectivity index (χ0v) is 22.4. The van der Waals surface area contributed by atoms with Crippen molar-refractivity contribution in [2.45, 2.75) is 52.4 Å². The molecule has 0 radical (unpaired) electrons. The maximum Gasteiger partial charge on any atom is 0.161 e. The molecule has 5 rings (SSSR count). The van der Waals surface area contributed by atoms with Gasteiger partial charge in [-0.2, -0.15) is 0 Å². The number of rotatable bonds is 10. The van der Waals surface area contributed by atoms with E-state index in [0.717, 1.165) is 52.2 Å². The first-order chi connectivity index (χ1) is 18.7. The van der Waals surface area contributed by atoms with Crippen LogP contribution in [0.25, 0.3) is 45.2 Å². The van der Waals surface area contributed by atoms with Crippen molar-refractivity contribution in [2.24, 2.45) is 0 Å². The highest BCUT2D eigenvalue weighted by Crippen LogP contribution is 2.29. The van der Waals surface area contributed by atoms with Crippen LogP contribution in [0.5, 0.6) is 0 Å². The lowest BCUT2D eigenvalue weighted by molar-refractivity contribution is 0.795. The molecule has 0 aliphatic heterocycles. The van der Waals surface area contributed by atoms with Gasteiger partial charge in [0, 0.05) is 28.5 Å². The Balaban J connectivity index is 1.52. The highest BCUT2D eigenvalue weighted by molar-refractivity contribution is 5.72. The van der Waals surface area contributed by atoms with E-state index in [0.29, 0.717) is 5.82 Å². The minimum absolute atomic E-state index is 0.690. The van der Waals surface area contributed by atoms with Crippen molar-refractivity contribution in [1.29, 1.82) is 0 Å². The highest BCUT2D eigenvalue weighted by atomic mass is 14.9. The molecule has 3 aromatic carbocycles. The first-order valence-electron chi connectivity index (χ1n) is 13.8. The number of pyridine rings is 1. The number of benzene rings is 3. The third kappa shape index (κ3) is 6.23. The second-order valence-electron chi connectivity index (χ2n) is 9.86. The molecule has 0 saturated carbocycles. The smallest absolute Gasteiger partial charge is 0.161 e. The highest BCUT2D eigenvalue weighted by Gasteiger charge is 2.12. The van der Waals surface area contributed by atoms with E-state index in [4.69, 9.17) is 15.0 Å². The first-order valence-corrected chi connectivity index (χ1v) is 13.8. The van der Waals surface area contributed by atoms with E-state index in [-0.39, 0.29) is 0 Å². The molecular weight excluding hydrogens is 462 g/mol. The molecule has 190 valence electrons. The molecular formula is C35H35N3. The molecule has 3 nitrogen and oxygen atoms in total. The Morgan fingerprint density at radius 3 is 1.47 bits per heavy atom. The summed E-state index contributed by atoms with van der Waals surface area (Å²) in [6.07, 6.45) is 8.93. The molecule has 0 aliphatic carbocycles. The zero-order chi connectivity index (χ0) is 26.2. The number of hydrogen-bond donors (Lipinski definition) is 0. The summed E-state index contributed by atoms with van der Waals surface area (Å²) in [6.45, 7) is 4.46. The maximum atomic E-state index is 5.00. The number of unbranched alkanes of at least 4 members (excludes halogenated alkanes) is 2. The molecule has 0 bridgehead atoms. The predicted octanol–water partition coefficient (Wildman–Crippen LogP) is 9.22. The van der Waals surface area contributed by atoms with Crippen LogP contribution in [0.2, 0.25) is 0 Å². The average Bonchev–Trinajstić information content (AvgIpc) is 3.00. The van der Waals surface area contributed by atoms with Crippen LogP contribution < -0.4 is 0 Å². The second-order valence-corrected chi connectivity index (χ2v) is 9.86. The summed E-state index contributed by atoms with van der Waals surface area (Å²) in [5, 5.41) is 0. The molecule has 2 aromatic heterocycles. The van der Waals surface area contributed by atoms with Gasteiger partial charge < -0.3 is 0 Å². The standard InChI is InChI=1S/C35H35N3/c1-3-5-10-26-14-18-29(19-15-26)33-24-34(30-20-16-27(17-21-30)11-6-4-2)38-35(37-33)31-22-23-32(36-25-31)28-12-8-7-9-13-28/h7-9,12-25H,3-6,10-11H2,1-2H3. The topological polar surface area (TPSA) is 38.7 Å². The van der Waals surface area contributed by atoms with Gasteiger partial charge in [0.05, 0.1) is 17.1 Å². The van der Waals surface area contributed by atoms with Gasteiger partial charge in [-0.25, -0.2) is 9.97 Å². The lowest BCUT2D eigenvalue weighted by Gasteiger charge is -2.11. The summed E-state index contributed by atoms with van der Waals surface area (Å²) < 4.78 is 0. The van der Waals surface area contributed by atoms with E-state index in [1.165, 1.54) is 36.8 Å². The van der Waals surface area contributed by atoms with Crippen LogP contribution in [-0.2, 0) is 12.8 Å². The van der Waals surface area contributed by atoms with Gasteiger partial charge in [-0.3, -0.25) is 4.98 Å². The van der Waals surface area contributed by atoms with Gasteiger partial charge in [0.15, 0.2) is 5.82 Å². The number of aromatic nitrogens is 3. The van der Waals surface area contributed by atoms with Gasteiger partial charge in [-0.15, -0.1) is 0 Å².